The van der Waals surface area contributed by atoms with Crippen molar-refractivity contribution in [2.45, 2.75) is 110 Å². The number of aromatic nitrogens is 2. The smallest absolute Gasteiger partial charge is 0.109 e. The van der Waals surface area contributed by atoms with Crippen LogP contribution in [0.5, 0.6) is 0 Å². The molecule has 0 saturated carbocycles. The summed E-state index contributed by atoms with van der Waals surface area (Å²) in [6, 6.07) is 0. The first kappa shape index (κ1) is 19.3. The Bertz CT molecular complexity index is 368. The van der Waals surface area contributed by atoms with Crippen molar-refractivity contribution in [1.82, 2.24) is 9.97 Å². The number of hydrogen-bond acceptors (Lipinski definition) is 1. The van der Waals surface area contributed by atoms with E-state index < -0.39 is 0 Å². The molecule has 2 nitrogen and oxygen atoms in total. The van der Waals surface area contributed by atoms with Crippen molar-refractivity contribution in [2.75, 3.05) is 0 Å². The van der Waals surface area contributed by atoms with E-state index in [4.69, 9.17) is 0 Å². The second kappa shape index (κ2) is 11.7. The van der Waals surface area contributed by atoms with Gasteiger partial charge < -0.3 is 4.98 Å². The molecular weight excluding hydrogens is 268 g/mol. The van der Waals surface area contributed by atoms with Crippen molar-refractivity contribution in [1.29, 1.82) is 0 Å². The number of unbranched alkanes of at least 4 members (excludes halogenated alkanes) is 7. The molecule has 0 spiro atoms. The van der Waals surface area contributed by atoms with Crippen LogP contribution in [0.3, 0.4) is 0 Å². The van der Waals surface area contributed by atoms with E-state index in [2.05, 4.69) is 37.7 Å². The maximum atomic E-state index is 4.69. The summed E-state index contributed by atoms with van der Waals surface area (Å²) in [5.41, 5.74) is 1.29. The van der Waals surface area contributed by atoms with Gasteiger partial charge in [-0.25, -0.2) is 4.98 Å². The van der Waals surface area contributed by atoms with E-state index in [0.717, 1.165) is 0 Å². The van der Waals surface area contributed by atoms with Gasteiger partial charge in [-0.2, -0.15) is 0 Å². The Labute approximate surface area is 138 Å². The second-order valence-corrected chi connectivity index (χ2v) is 7.13. The highest BCUT2D eigenvalue weighted by molar-refractivity contribution is 5.08. The summed E-state index contributed by atoms with van der Waals surface area (Å²) in [7, 11) is 0. The molecule has 1 N–H and O–H groups in total. The van der Waals surface area contributed by atoms with Gasteiger partial charge in [0.25, 0.3) is 0 Å². The van der Waals surface area contributed by atoms with Crippen LogP contribution in [-0.4, -0.2) is 9.97 Å². The monoisotopic (exact) mass is 306 g/mol. The van der Waals surface area contributed by atoms with Crippen LogP contribution in [0.1, 0.15) is 122 Å². The van der Waals surface area contributed by atoms with Gasteiger partial charge >= 0.3 is 0 Å². The lowest BCUT2D eigenvalue weighted by Crippen LogP contribution is -2.02. The lowest BCUT2D eigenvalue weighted by molar-refractivity contribution is 0.481. The maximum Gasteiger partial charge on any atom is 0.109 e. The third-order valence-electron chi connectivity index (χ3n) is 4.69. The van der Waals surface area contributed by atoms with Crippen LogP contribution in [0.25, 0.3) is 0 Å². The van der Waals surface area contributed by atoms with E-state index in [0.29, 0.717) is 11.8 Å². The number of nitrogens with one attached hydrogen (secondary N) is 1. The Morgan fingerprint density at radius 2 is 1.41 bits per heavy atom. The van der Waals surface area contributed by atoms with Crippen molar-refractivity contribution in [3.05, 3.63) is 17.7 Å². The molecule has 1 unspecified atom stereocenters. The van der Waals surface area contributed by atoms with Gasteiger partial charge in [-0.3, -0.25) is 0 Å². The molecule has 0 aliphatic carbocycles. The molecule has 128 valence electrons. The molecule has 1 aromatic heterocycles. The van der Waals surface area contributed by atoms with E-state index in [1.165, 1.54) is 82.1 Å². The average molecular weight is 307 g/mol. The number of H-pyrrole nitrogens is 1. The predicted octanol–water partition coefficient (Wildman–Crippen LogP) is 6.95. The van der Waals surface area contributed by atoms with Crippen molar-refractivity contribution >= 4 is 0 Å². The highest BCUT2D eigenvalue weighted by atomic mass is 14.9. The second-order valence-electron chi connectivity index (χ2n) is 7.13. The fourth-order valence-electron chi connectivity index (χ4n) is 3.08. The highest BCUT2D eigenvalue weighted by Gasteiger charge is 2.15. The van der Waals surface area contributed by atoms with Crippen molar-refractivity contribution < 1.29 is 0 Å². The Hall–Kier alpha value is -0.790. The van der Waals surface area contributed by atoms with Gasteiger partial charge in [-0.05, 0) is 18.8 Å². The van der Waals surface area contributed by atoms with Crippen LogP contribution < -0.4 is 0 Å². The Kier molecular flexibility index (Phi) is 10.3. The topological polar surface area (TPSA) is 28.7 Å². The summed E-state index contributed by atoms with van der Waals surface area (Å²) in [5, 5.41) is 0. The van der Waals surface area contributed by atoms with Crippen molar-refractivity contribution in [3.63, 3.8) is 0 Å². The standard InChI is InChI=1S/C20H38N2/c1-5-7-9-10-11-13-15-18(14-12-8-6-2)20-21-16-19(22-20)17(3)4/h16-18H,5-15H2,1-4H3,(H,21,22). The lowest BCUT2D eigenvalue weighted by Gasteiger charge is -2.15. The highest BCUT2D eigenvalue weighted by Crippen LogP contribution is 2.27. The molecule has 0 aliphatic heterocycles. The molecule has 0 saturated heterocycles. The van der Waals surface area contributed by atoms with Gasteiger partial charge in [0.2, 0.25) is 0 Å². The number of aromatic amines is 1. The Morgan fingerprint density at radius 1 is 0.864 bits per heavy atom. The van der Waals surface area contributed by atoms with Gasteiger partial charge in [0.05, 0.1) is 0 Å². The first-order valence-electron chi connectivity index (χ1n) is 9.73. The molecular formula is C20H38N2. The van der Waals surface area contributed by atoms with E-state index >= 15 is 0 Å². The van der Waals surface area contributed by atoms with Crippen LogP contribution in [0, 0.1) is 0 Å². The Balaban J connectivity index is 2.44. The molecule has 0 radical (unpaired) electrons. The van der Waals surface area contributed by atoms with Crippen LogP contribution >= 0.6 is 0 Å². The molecule has 22 heavy (non-hydrogen) atoms. The first-order valence-corrected chi connectivity index (χ1v) is 9.73. The molecule has 0 bridgehead atoms. The molecule has 1 heterocycles. The number of nitrogens with zero attached hydrogens (tertiary/aromatic N) is 1. The van der Waals surface area contributed by atoms with Crippen LogP contribution in [0.4, 0.5) is 0 Å². The van der Waals surface area contributed by atoms with Crippen LogP contribution in [-0.2, 0) is 0 Å². The van der Waals surface area contributed by atoms with Gasteiger partial charge in [0, 0.05) is 17.8 Å². The minimum Gasteiger partial charge on any atom is -0.345 e. The van der Waals surface area contributed by atoms with Crippen LogP contribution in [0.15, 0.2) is 6.20 Å². The summed E-state index contributed by atoms with van der Waals surface area (Å²) >= 11 is 0. The molecule has 0 amide bonds. The third kappa shape index (κ3) is 7.47. The van der Waals surface area contributed by atoms with E-state index in [1.54, 1.807) is 0 Å². The molecule has 1 aromatic rings. The SMILES string of the molecule is CCCCCCCCC(CCCCC)c1ncc(C(C)C)[nH]1. The number of hydrogen-bond donors (Lipinski definition) is 1. The Morgan fingerprint density at radius 3 is 2.00 bits per heavy atom. The van der Waals surface area contributed by atoms with E-state index in [-0.39, 0.29) is 0 Å². The lowest BCUT2D eigenvalue weighted by atomic mass is 9.94. The quantitative estimate of drug-likeness (QED) is 0.392. The van der Waals surface area contributed by atoms with E-state index in [1.807, 2.05) is 6.20 Å². The van der Waals surface area contributed by atoms with Gasteiger partial charge in [0.1, 0.15) is 5.82 Å². The van der Waals surface area contributed by atoms with Crippen molar-refractivity contribution in [2.24, 2.45) is 0 Å². The third-order valence-corrected chi connectivity index (χ3v) is 4.69. The zero-order valence-electron chi connectivity index (χ0n) is 15.5. The van der Waals surface area contributed by atoms with Gasteiger partial charge in [0.15, 0.2) is 0 Å². The molecule has 0 aromatic carbocycles. The van der Waals surface area contributed by atoms with Crippen molar-refractivity contribution in [3.8, 4) is 0 Å². The normalized spacial score (nSPS) is 13.0. The minimum atomic E-state index is 0.548. The predicted molar refractivity (Wildman–Crippen MR) is 97.6 cm³/mol. The zero-order chi connectivity index (χ0) is 16.2. The summed E-state index contributed by atoms with van der Waals surface area (Å²) in [4.78, 5) is 8.28. The molecule has 2 heteroatoms. The van der Waals surface area contributed by atoms with Crippen LogP contribution in [0.2, 0.25) is 0 Å². The van der Waals surface area contributed by atoms with E-state index in [9.17, 15) is 0 Å². The molecule has 0 fully saturated rings. The summed E-state index contributed by atoms with van der Waals surface area (Å²) < 4.78 is 0. The number of rotatable bonds is 13. The fourth-order valence-corrected chi connectivity index (χ4v) is 3.08. The molecule has 1 rings (SSSR count). The molecule has 1 atom stereocenters. The first-order chi connectivity index (χ1) is 10.7. The van der Waals surface area contributed by atoms with Gasteiger partial charge in [-0.15, -0.1) is 0 Å². The van der Waals surface area contributed by atoms with Gasteiger partial charge in [-0.1, -0.05) is 85.5 Å². The summed E-state index contributed by atoms with van der Waals surface area (Å²) in [6.07, 6.45) is 17.0. The fraction of sp³-hybridized carbons (Fsp3) is 0.850. The largest absolute Gasteiger partial charge is 0.345 e. The summed E-state index contributed by atoms with van der Waals surface area (Å²) in [5.74, 6) is 2.44. The minimum absolute atomic E-state index is 0.548. The maximum absolute atomic E-state index is 4.69. The molecule has 0 aliphatic rings. The zero-order valence-corrected chi connectivity index (χ0v) is 15.5. The number of imidazole rings is 1. The average Bonchev–Trinajstić information content (AvgIpc) is 2.99. The summed E-state index contributed by atoms with van der Waals surface area (Å²) in [6.45, 7) is 9.04.